The molecule has 0 spiro atoms. The number of pyridine rings is 1. The number of nitrogens with zero attached hydrogens (tertiary/aromatic N) is 2. The van der Waals surface area contributed by atoms with E-state index in [2.05, 4.69) is 10.3 Å². The second kappa shape index (κ2) is 10.1. The number of carbonyl (C=O) groups excluding carboxylic acids is 2. The molecular formula is C21H24N4O3. The first-order chi connectivity index (χ1) is 13.5. The van der Waals surface area contributed by atoms with Gasteiger partial charge in [0.2, 0.25) is 5.88 Å². The average Bonchev–Trinajstić information content (AvgIpc) is 2.70. The molecule has 3 N–H and O–H groups in total. The molecule has 0 fully saturated rings. The quantitative estimate of drug-likeness (QED) is 0.645. The van der Waals surface area contributed by atoms with Crippen molar-refractivity contribution in [2.45, 2.75) is 39.7 Å². The van der Waals surface area contributed by atoms with E-state index in [1.54, 1.807) is 19.1 Å². The molecule has 0 aliphatic heterocycles. The summed E-state index contributed by atoms with van der Waals surface area (Å²) in [5.74, 6) is -0.261. The monoisotopic (exact) mass is 380 g/mol. The molecule has 0 radical (unpaired) electrons. The lowest BCUT2D eigenvalue weighted by Gasteiger charge is -2.10. The molecule has 0 bridgehead atoms. The molecule has 0 aliphatic rings. The van der Waals surface area contributed by atoms with E-state index in [1.807, 2.05) is 25.1 Å². The standard InChI is InChI=1S/C21H24N4O3/c1-3-5-6-19(26)15-9-7-14(8-10-15)13-24-20(27)18-11-17(23)16(12-22)21(25-18)28-4-2/h7-11H,3-6,13H2,1-2H3,(H2,23,25)(H,24,27). The largest absolute Gasteiger partial charge is 0.477 e. The third-order valence-electron chi connectivity index (χ3n) is 4.13. The number of nitrogens with one attached hydrogen (secondary N) is 1. The third kappa shape index (κ3) is 5.30. The number of nitrogens with two attached hydrogens (primary N) is 1. The Morgan fingerprint density at radius 2 is 1.96 bits per heavy atom. The Kier molecular flexibility index (Phi) is 7.52. The molecule has 7 heteroatoms. The number of benzene rings is 1. The SMILES string of the molecule is CCCCC(=O)c1ccc(CNC(=O)c2cc(N)c(C#N)c(OCC)n2)cc1. The fraction of sp³-hybridized carbons (Fsp3) is 0.333. The molecule has 2 aromatic rings. The van der Waals surface area contributed by atoms with Gasteiger partial charge in [-0.1, -0.05) is 37.6 Å². The lowest BCUT2D eigenvalue weighted by atomic mass is 10.0. The fourth-order valence-electron chi connectivity index (χ4n) is 2.57. The lowest BCUT2D eigenvalue weighted by molar-refractivity contribution is 0.0942. The van der Waals surface area contributed by atoms with E-state index in [-0.39, 0.29) is 35.2 Å². The zero-order valence-electron chi connectivity index (χ0n) is 16.1. The predicted molar refractivity (Wildman–Crippen MR) is 106 cm³/mol. The number of ketones is 1. The average molecular weight is 380 g/mol. The molecule has 1 aromatic carbocycles. The molecule has 28 heavy (non-hydrogen) atoms. The van der Waals surface area contributed by atoms with Crippen LogP contribution in [0.2, 0.25) is 0 Å². The summed E-state index contributed by atoms with van der Waals surface area (Å²) in [6.45, 7) is 4.37. The van der Waals surface area contributed by atoms with Gasteiger partial charge < -0.3 is 15.8 Å². The summed E-state index contributed by atoms with van der Waals surface area (Å²) < 4.78 is 5.30. The highest BCUT2D eigenvalue weighted by atomic mass is 16.5. The van der Waals surface area contributed by atoms with Gasteiger partial charge in [-0.3, -0.25) is 9.59 Å². The molecule has 0 aliphatic carbocycles. The number of aromatic nitrogens is 1. The van der Waals surface area contributed by atoms with Gasteiger partial charge in [0.1, 0.15) is 17.3 Å². The Bertz CT molecular complexity index is 886. The van der Waals surface area contributed by atoms with Gasteiger partial charge in [0, 0.05) is 18.5 Å². The normalized spacial score (nSPS) is 10.2. The Labute approximate surface area is 164 Å². The maximum Gasteiger partial charge on any atom is 0.270 e. The van der Waals surface area contributed by atoms with Crippen LogP contribution in [-0.4, -0.2) is 23.3 Å². The highest BCUT2D eigenvalue weighted by Gasteiger charge is 2.16. The Balaban J connectivity index is 2.04. The number of hydrogen-bond acceptors (Lipinski definition) is 6. The van der Waals surface area contributed by atoms with Gasteiger partial charge in [0.15, 0.2) is 5.78 Å². The highest BCUT2D eigenvalue weighted by Crippen LogP contribution is 2.22. The smallest absolute Gasteiger partial charge is 0.270 e. The summed E-state index contributed by atoms with van der Waals surface area (Å²) in [6.07, 6.45) is 2.40. The molecule has 1 aromatic heterocycles. The van der Waals surface area contributed by atoms with Crippen LogP contribution in [0.1, 0.15) is 65.1 Å². The molecule has 7 nitrogen and oxygen atoms in total. The number of rotatable bonds is 9. The number of anilines is 1. The minimum atomic E-state index is -0.430. The van der Waals surface area contributed by atoms with Crippen LogP contribution in [0.4, 0.5) is 5.69 Å². The van der Waals surface area contributed by atoms with Crippen molar-refractivity contribution < 1.29 is 14.3 Å². The summed E-state index contributed by atoms with van der Waals surface area (Å²) >= 11 is 0. The van der Waals surface area contributed by atoms with Crippen LogP contribution in [-0.2, 0) is 6.54 Å². The fourth-order valence-corrected chi connectivity index (χ4v) is 2.57. The van der Waals surface area contributed by atoms with Gasteiger partial charge >= 0.3 is 0 Å². The van der Waals surface area contributed by atoms with Crippen molar-refractivity contribution in [2.75, 3.05) is 12.3 Å². The second-order valence-electron chi connectivity index (χ2n) is 6.23. The molecule has 0 unspecified atom stereocenters. The Morgan fingerprint density at radius 1 is 1.25 bits per heavy atom. The van der Waals surface area contributed by atoms with Crippen LogP contribution in [0.25, 0.3) is 0 Å². The van der Waals surface area contributed by atoms with Crippen LogP contribution in [0.5, 0.6) is 5.88 Å². The topological polar surface area (TPSA) is 118 Å². The maximum atomic E-state index is 12.4. The number of nitriles is 1. The van der Waals surface area contributed by atoms with E-state index >= 15 is 0 Å². The number of nitrogen functional groups attached to an aromatic ring is 1. The third-order valence-corrected chi connectivity index (χ3v) is 4.13. The van der Waals surface area contributed by atoms with Crippen LogP contribution in [0, 0.1) is 11.3 Å². The number of hydrogen-bond donors (Lipinski definition) is 2. The molecule has 1 amide bonds. The van der Waals surface area contributed by atoms with E-state index in [1.165, 1.54) is 6.07 Å². The van der Waals surface area contributed by atoms with Crippen molar-refractivity contribution in [2.24, 2.45) is 0 Å². The van der Waals surface area contributed by atoms with E-state index in [0.717, 1.165) is 18.4 Å². The molecule has 0 saturated carbocycles. The summed E-state index contributed by atoms with van der Waals surface area (Å²) in [4.78, 5) is 28.5. The van der Waals surface area contributed by atoms with Crippen molar-refractivity contribution in [3.63, 3.8) is 0 Å². The zero-order chi connectivity index (χ0) is 20.5. The Morgan fingerprint density at radius 3 is 2.57 bits per heavy atom. The molecular weight excluding hydrogens is 356 g/mol. The van der Waals surface area contributed by atoms with Crippen LogP contribution >= 0.6 is 0 Å². The van der Waals surface area contributed by atoms with Gasteiger partial charge in [-0.25, -0.2) is 4.98 Å². The van der Waals surface area contributed by atoms with Crippen molar-refractivity contribution in [3.8, 4) is 11.9 Å². The van der Waals surface area contributed by atoms with Gasteiger partial charge in [0.05, 0.1) is 12.3 Å². The van der Waals surface area contributed by atoms with Gasteiger partial charge in [-0.05, 0) is 25.0 Å². The van der Waals surface area contributed by atoms with Gasteiger partial charge in [-0.2, -0.15) is 5.26 Å². The van der Waals surface area contributed by atoms with Crippen LogP contribution in [0.15, 0.2) is 30.3 Å². The first-order valence-corrected chi connectivity index (χ1v) is 9.23. The molecule has 1 heterocycles. The van der Waals surface area contributed by atoms with Crippen LogP contribution in [0.3, 0.4) is 0 Å². The van der Waals surface area contributed by atoms with E-state index in [4.69, 9.17) is 15.7 Å². The Hall–Kier alpha value is -3.40. The number of Topliss-reactive ketones (excluding diaryl/α,β-unsaturated/α-hetero) is 1. The van der Waals surface area contributed by atoms with E-state index < -0.39 is 5.91 Å². The summed E-state index contributed by atoms with van der Waals surface area (Å²) in [5.41, 5.74) is 7.69. The van der Waals surface area contributed by atoms with Crippen molar-refractivity contribution in [1.29, 1.82) is 5.26 Å². The molecule has 0 saturated heterocycles. The maximum absolute atomic E-state index is 12.4. The molecule has 2 rings (SSSR count). The number of ether oxygens (including phenoxy) is 1. The van der Waals surface area contributed by atoms with Gasteiger partial charge in [0.25, 0.3) is 5.91 Å². The summed E-state index contributed by atoms with van der Waals surface area (Å²) in [7, 11) is 0. The first-order valence-electron chi connectivity index (χ1n) is 9.23. The molecule has 0 atom stereocenters. The van der Waals surface area contributed by atoms with E-state index in [0.29, 0.717) is 18.6 Å². The van der Waals surface area contributed by atoms with Gasteiger partial charge in [-0.15, -0.1) is 0 Å². The number of unbranched alkanes of at least 4 members (excludes halogenated alkanes) is 1. The highest BCUT2D eigenvalue weighted by molar-refractivity contribution is 5.96. The predicted octanol–water partition coefficient (Wildman–Crippen LogP) is 3.24. The van der Waals surface area contributed by atoms with Crippen molar-refractivity contribution in [1.82, 2.24) is 10.3 Å². The first kappa shape index (κ1) is 20.9. The van der Waals surface area contributed by atoms with Crippen LogP contribution < -0.4 is 15.8 Å². The minimum absolute atomic E-state index is 0.0464. The number of amides is 1. The zero-order valence-corrected chi connectivity index (χ0v) is 16.1. The minimum Gasteiger partial charge on any atom is -0.477 e. The second-order valence-corrected chi connectivity index (χ2v) is 6.23. The molecule has 146 valence electrons. The van der Waals surface area contributed by atoms with E-state index in [9.17, 15) is 9.59 Å². The lowest BCUT2D eigenvalue weighted by Crippen LogP contribution is -2.24. The summed E-state index contributed by atoms with van der Waals surface area (Å²) in [5, 5.41) is 11.9. The van der Waals surface area contributed by atoms with Crippen molar-refractivity contribution >= 4 is 17.4 Å². The summed E-state index contributed by atoms with van der Waals surface area (Å²) in [6, 6.07) is 10.4. The number of carbonyl (C=O) groups is 2. The van der Waals surface area contributed by atoms with Crippen molar-refractivity contribution in [3.05, 3.63) is 52.7 Å².